The predicted molar refractivity (Wildman–Crippen MR) is 109 cm³/mol. The highest BCUT2D eigenvalue weighted by Gasteiger charge is 2.17. The van der Waals surface area contributed by atoms with Crippen molar-refractivity contribution in [3.8, 4) is 17.2 Å². The van der Waals surface area contributed by atoms with Gasteiger partial charge in [-0.25, -0.2) is 0 Å². The number of benzene rings is 1. The molecule has 2 rings (SSSR count). The molecule has 0 aliphatic heterocycles. The standard InChI is InChI=1S/C18H24N2O3S2/c1-22-12-9-16(21)14(17(10-12)23-2)11-19-7-8-20-15-6-4-5-13(15)18(24)25-3/h9-11,20-21H,4-8H2,1-3H3. The van der Waals surface area contributed by atoms with E-state index in [1.165, 1.54) is 11.3 Å². The van der Waals surface area contributed by atoms with Gasteiger partial charge in [-0.3, -0.25) is 4.99 Å². The van der Waals surface area contributed by atoms with Gasteiger partial charge in [0.05, 0.1) is 30.5 Å². The molecule has 25 heavy (non-hydrogen) atoms. The molecule has 0 saturated carbocycles. The minimum atomic E-state index is 0.0824. The van der Waals surface area contributed by atoms with E-state index in [-0.39, 0.29) is 5.75 Å². The minimum Gasteiger partial charge on any atom is -0.507 e. The zero-order chi connectivity index (χ0) is 18.2. The lowest BCUT2D eigenvalue weighted by molar-refractivity contribution is 0.384. The van der Waals surface area contributed by atoms with E-state index in [1.54, 1.807) is 44.3 Å². The number of aliphatic imine (C=N–C) groups is 1. The summed E-state index contributed by atoms with van der Waals surface area (Å²) in [7, 11) is 3.10. The van der Waals surface area contributed by atoms with Gasteiger partial charge in [-0.1, -0.05) is 12.2 Å². The quantitative estimate of drug-likeness (QED) is 0.409. The first-order chi connectivity index (χ1) is 12.1. The fourth-order valence-electron chi connectivity index (χ4n) is 2.72. The van der Waals surface area contributed by atoms with Crippen molar-refractivity contribution in [1.29, 1.82) is 0 Å². The first kappa shape index (κ1) is 19.6. The van der Waals surface area contributed by atoms with Crippen LogP contribution >= 0.6 is 24.0 Å². The number of phenols is 1. The van der Waals surface area contributed by atoms with E-state index in [0.29, 0.717) is 23.6 Å². The molecule has 0 radical (unpaired) electrons. The first-order valence-electron chi connectivity index (χ1n) is 8.09. The Morgan fingerprint density at radius 1 is 1.36 bits per heavy atom. The van der Waals surface area contributed by atoms with Crippen LogP contribution in [0, 0.1) is 0 Å². The van der Waals surface area contributed by atoms with Crippen LogP contribution in [0.4, 0.5) is 0 Å². The largest absolute Gasteiger partial charge is 0.507 e. The van der Waals surface area contributed by atoms with Crippen LogP contribution in [0.2, 0.25) is 0 Å². The van der Waals surface area contributed by atoms with Crippen LogP contribution in [0.15, 0.2) is 28.4 Å². The smallest absolute Gasteiger partial charge is 0.135 e. The summed E-state index contributed by atoms with van der Waals surface area (Å²) in [5.41, 5.74) is 3.08. The van der Waals surface area contributed by atoms with Gasteiger partial charge < -0.3 is 19.9 Å². The number of methoxy groups -OCH3 is 2. The second-order valence-corrected chi connectivity index (χ2v) is 7.01. The SMILES string of the molecule is COc1cc(O)c(C=NCCNC2=C(C(=S)SC)CCC2)c(OC)c1. The summed E-state index contributed by atoms with van der Waals surface area (Å²) in [6.45, 7) is 1.32. The van der Waals surface area contributed by atoms with Crippen LogP contribution in [0.3, 0.4) is 0 Å². The number of thioether (sulfide) groups is 1. The van der Waals surface area contributed by atoms with Crippen molar-refractivity contribution in [2.24, 2.45) is 4.99 Å². The molecule has 0 spiro atoms. The number of allylic oxidation sites excluding steroid dienone is 1. The van der Waals surface area contributed by atoms with Crippen molar-refractivity contribution in [3.05, 3.63) is 29.0 Å². The van der Waals surface area contributed by atoms with Crippen LogP contribution in [0.25, 0.3) is 0 Å². The number of hydrogen-bond donors (Lipinski definition) is 2. The number of aromatic hydroxyl groups is 1. The molecule has 7 heteroatoms. The highest BCUT2D eigenvalue weighted by atomic mass is 32.2. The van der Waals surface area contributed by atoms with Crippen LogP contribution < -0.4 is 14.8 Å². The maximum absolute atomic E-state index is 10.1. The number of ether oxygens (including phenoxy) is 2. The molecular weight excluding hydrogens is 356 g/mol. The van der Waals surface area contributed by atoms with Crippen LogP contribution in [0.1, 0.15) is 24.8 Å². The van der Waals surface area contributed by atoms with Gasteiger partial charge in [0, 0.05) is 30.6 Å². The van der Waals surface area contributed by atoms with E-state index in [1.807, 2.05) is 6.26 Å². The molecular formula is C18H24N2O3S2. The summed E-state index contributed by atoms with van der Waals surface area (Å²) in [4.78, 5) is 4.39. The number of phenolic OH excluding ortho intramolecular Hbond substituents is 1. The summed E-state index contributed by atoms with van der Waals surface area (Å²) < 4.78 is 11.4. The molecule has 1 aromatic rings. The number of nitrogens with zero attached hydrogens (tertiary/aromatic N) is 1. The Morgan fingerprint density at radius 2 is 2.16 bits per heavy atom. The Hall–Kier alpha value is -1.73. The number of hydrogen-bond acceptors (Lipinski definition) is 7. The molecule has 0 fully saturated rings. The van der Waals surface area contributed by atoms with Crippen molar-refractivity contribution in [2.45, 2.75) is 19.3 Å². The molecule has 1 aliphatic rings. The third-order valence-electron chi connectivity index (χ3n) is 4.00. The molecule has 5 nitrogen and oxygen atoms in total. The zero-order valence-electron chi connectivity index (χ0n) is 14.8. The Balaban J connectivity index is 1.95. The summed E-state index contributed by atoms with van der Waals surface area (Å²) >= 11 is 7.03. The van der Waals surface area contributed by atoms with E-state index < -0.39 is 0 Å². The minimum absolute atomic E-state index is 0.0824. The van der Waals surface area contributed by atoms with Gasteiger partial charge in [0.25, 0.3) is 0 Å². The van der Waals surface area contributed by atoms with E-state index >= 15 is 0 Å². The lowest BCUT2D eigenvalue weighted by Gasteiger charge is -2.10. The number of rotatable bonds is 8. The predicted octanol–water partition coefficient (Wildman–Crippen LogP) is 3.55. The van der Waals surface area contributed by atoms with Gasteiger partial charge in [-0.15, -0.1) is 11.8 Å². The third kappa shape index (κ3) is 5.12. The molecule has 0 saturated heterocycles. The Morgan fingerprint density at radius 3 is 2.84 bits per heavy atom. The normalized spacial score (nSPS) is 14.2. The highest BCUT2D eigenvalue weighted by molar-refractivity contribution is 8.23. The monoisotopic (exact) mass is 380 g/mol. The maximum Gasteiger partial charge on any atom is 0.135 e. The second kappa shape index (κ2) is 9.68. The van der Waals surface area contributed by atoms with Gasteiger partial charge >= 0.3 is 0 Å². The first-order valence-corrected chi connectivity index (χ1v) is 9.73. The molecule has 0 amide bonds. The molecule has 0 aromatic heterocycles. The van der Waals surface area contributed by atoms with Crippen LogP contribution in [0.5, 0.6) is 17.2 Å². The Bertz CT molecular complexity index is 687. The van der Waals surface area contributed by atoms with Gasteiger partial charge in [0.15, 0.2) is 0 Å². The van der Waals surface area contributed by atoms with Crippen LogP contribution in [-0.2, 0) is 0 Å². The average Bonchev–Trinajstić information content (AvgIpc) is 3.09. The number of thiocarbonyl (C=S) groups is 1. The van der Waals surface area contributed by atoms with E-state index in [4.69, 9.17) is 21.7 Å². The van der Waals surface area contributed by atoms with Crippen molar-refractivity contribution in [1.82, 2.24) is 5.32 Å². The van der Waals surface area contributed by atoms with Gasteiger partial charge in [-0.2, -0.15) is 0 Å². The fourth-order valence-corrected chi connectivity index (χ4v) is 3.42. The summed E-state index contributed by atoms with van der Waals surface area (Å²) in [6.07, 6.45) is 6.91. The van der Waals surface area contributed by atoms with Crippen molar-refractivity contribution >= 4 is 34.4 Å². The molecule has 0 bridgehead atoms. The summed E-state index contributed by atoms with van der Waals surface area (Å²) in [6, 6.07) is 3.26. The molecule has 1 aliphatic carbocycles. The Labute approximate surface area is 158 Å². The summed E-state index contributed by atoms with van der Waals surface area (Å²) in [5, 5.41) is 13.5. The van der Waals surface area contributed by atoms with E-state index in [2.05, 4.69) is 10.3 Å². The lowest BCUT2D eigenvalue weighted by Crippen LogP contribution is -2.18. The third-order valence-corrected chi connectivity index (χ3v) is 5.36. The van der Waals surface area contributed by atoms with Gasteiger partial charge in [0.2, 0.25) is 0 Å². The highest BCUT2D eigenvalue weighted by Crippen LogP contribution is 2.32. The van der Waals surface area contributed by atoms with E-state index in [0.717, 1.165) is 30.0 Å². The van der Waals surface area contributed by atoms with Gasteiger partial charge in [0.1, 0.15) is 17.2 Å². The Kier molecular flexibility index (Phi) is 7.58. The van der Waals surface area contributed by atoms with Crippen LogP contribution in [-0.4, -0.2) is 49.1 Å². The zero-order valence-corrected chi connectivity index (χ0v) is 16.4. The number of nitrogens with one attached hydrogen (secondary N) is 1. The lowest BCUT2D eigenvalue weighted by atomic mass is 10.2. The molecule has 1 aromatic carbocycles. The van der Waals surface area contributed by atoms with Crippen molar-refractivity contribution < 1.29 is 14.6 Å². The summed E-state index contributed by atoms with van der Waals surface area (Å²) in [5.74, 6) is 1.15. The molecule has 0 atom stereocenters. The fraction of sp³-hybridized carbons (Fsp3) is 0.444. The maximum atomic E-state index is 10.1. The second-order valence-electron chi connectivity index (χ2n) is 5.53. The average molecular weight is 381 g/mol. The van der Waals surface area contributed by atoms with Crippen molar-refractivity contribution in [3.63, 3.8) is 0 Å². The topological polar surface area (TPSA) is 63.1 Å². The van der Waals surface area contributed by atoms with E-state index in [9.17, 15) is 5.11 Å². The van der Waals surface area contributed by atoms with Crippen molar-refractivity contribution in [2.75, 3.05) is 33.6 Å². The molecule has 0 heterocycles. The molecule has 0 unspecified atom stereocenters. The molecule has 136 valence electrons. The molecule has 2 N–H and O–H groups in total. The van der Waals surface area contributed by atoms with Gasteiger partial charge in [-0.05, 0) is 31.1 Å².